The third kappa shape index (κ3) is 6.27. The number of benzene rings is 2. The molecule has 0 aromatic heterocycles. The minimum Gasteiger partial charge on any atom is -0.345 e. The second kappa shape index (κ2) is 9.90. The van der Waals surface area contributed by atoms with Gasteiger partial charge in [0.25, 0.3) is 5.91 Å². The molecule has 0 aliphatic rings. The molecule has 0 aliphatic heterocycles. The maximum absolute atomic E-state index is 12.7. The van der Waals surface area contributed by atoms with Crippen molar-refractivity contribution in [3.8, 4) is 0 Å². The third-order valence-corrected chi connectivity index (χ3v) is 6.29. The van der Waals surface area contributed by atoms with Crippen LogP contribution in [0.5, 0.6) is 0 Å². The van der Waals surface area contributed by atoms with Gasteiger partial charge in [0.1, 0.15) is 0 Å². The molecule has 0 saturated heterocycles. The molecule has 0 heterocycles. The van der Waals surface area contributed by atoms with Gasteiger partial charge in [0.05, 0.1) is 22.2 Å². The van der Waals surface area contributed by atoms with Crippen molar-refractivity contribution in [3.63, 3.8) is 0 Å². The van der Waals surface area contributed by atoms with Crippen LogP contribution in [0.15, 0.2) is 47.4 Å². The number of rotatable bonds is 7. The molecule has 0 fully saturated rings. The Balaban J connectivity index is 2.12. The van der Waals surface area contributed by atoms with E-state index < -0.39 is 22.5 Å². The first-order valence-corrected chi connectivity index (χ1v) is 10.9. The number of carbonyl (C=O) groups is 3. The minimum atomic E-state index is -3.95. The molecule has 0 aliphatic carbocycles. The largest absolute Gasteiger partial charge is 0.345 e. The predicted octanol–water partition coefficient (Wildman–Crippen LogP) is 2.26. The highest BCUT2D eigenvalue weighted by Crippen LogP contribution is 2.24. The van der Waals surface area contributed by atoms with Crippen molar-refractivity contribution in [2.24, 2.45) is 0 Å². The van der Waals surface area contributed by atoms with Crippen molar-refractivity contribution in [2.75, 3.05) is 38.3 Å². The number of likely N-dealkylation sites (N-methyl/N-ethyl adjacent to an activating group) is 1. The highest BCUT2D eigenvalue weighted by atomic mass is 35.5. The zero-order valence-corrected chi connectivity index (χ0v) is 19.0. The second-order valence-electron chi connectivity index (χ2n) is 6.91. The van der Waals surface area contributed by atoms with Gasteiger partial charge >= 0.3 is 0 Å². The van der Waals surface area contributed by atoms with Crippen LogP contribution in [0.4, 0.5) is 11.4 Å². The van der Waals surface area contributed by atoms with E-state index in [9.17, 15) is 22.8 Å². The number of hydrogen-bond donors (Lipinski definition) is 2. The van der Waals surface area contributed by atoms with E-state index >= 15 is 0 Å². The van der Waals surface area contributed by atoms with Gasteiger partial charge in [0.15, 0.2) is 0 Å². The Labute approximate surface area is 186 Å². The summed E-state index contributed by atoms with van der Waals surface area (Å²) in [5.74, 6) is -1.17. The van der Waals surface area contributed by atoms with Crippen molar-refractivity contribution in [1.82, 2.24) is 9.21 Å². The lowest BCUT2D eigenvalue weighted by Crippen LogP contribution is -2.35. The van der Waals surface area contributed by atoms with Crippen LogP contribution in [-0.4, -0.2) is 63.0 Å². The fourth-order valence-corrected chi connectivity index (χ4v) is 3.87. The Bertz CT molecular complexity index is 1100. The van der Waals surface area contributed by atoms with Gasteiger partial charge in [-0.25, -0.2) is 8.42 Å². The molecule has 0 unspecified atom stereocenters. The number of nitrogens with one attached hydrogen (secondary N) is 2. The van der Waals surface area contributed by atoms with Crippen molar-refractivity contribution in [1.29, 1.82) is 0 Å². The number of hydrogen-bond acceptors (Lipinski definition) is 5. The van der Waals surface area contributed by atoms with E-state index in [1.54, 1.807) is 14.1 Å². The normalized spacial score (nSPS) is 11.2. The van der Waals surface area contributed by atoms with Crippen LogP contribution in [0.25, 0.3) is 0 Å². The van der Waals surface area contributed by atoms with Gasteiger partial charge in [-0.1, -0.05) is 11.6 Å². The fraction of sp³-hybridized carbons (Fsp3) is 0.250. The highest BCUT2D eigenvalue weighted by Gasteiger charge is 2.23. The molecule has 0 spiro atoms. The molecule has 2 aromatic carbocycles. The average molecular weight is 467 g/mol. The number of carbonyl (C=O) groups excluding carboxylic acids is 3. The van der Waals surface area contributed by atoms with Crippen LogP contribution in [0.2, 0.25) is 5.02 Å². The van der Waals surface area contributed by atoms with Gasteiger partial charge in [-0.2, -0.15) is 4.31 Å². The zero-order chi connectivity index (χ0) is 23.3. The number of amides is 3. The van der Waals surface area contributed by atoms with Gasteiger partial charge in [0.2, 0.25) is 21.8 Å². The molecule has 0 radical (unpaired) electrons. The summed E-state index contributed by atoms with van der Waals surface area (Å²) in [4.78, 5) is 37.0. The van der Waals surface area contributed by atoms with Crippen LogP contribution >= 0.6 is 11.6 Å². The molecule has 2 aromatic rings. The Morgan fingerprint density at radius 1 is 0.968 bits per heavy atom. The van der Waals surface area contributed by atoms with Crippen LogP contribution in [0.3, 0.4) is 0 Å². The van der Waals surface area contributed by atoms with Gasteiger partial charge in [-0.05, 0) is 42.5 Å². The molecule has 0 bridgehead atoms. The van der Waals surface area contributed by atoms with E-state index in [1.165, 1.54) is 61.3 Å². The summed E-state index contributed by atoms with van der Waals surface area (Å²) in [6.45, 7) is 0.868. The van der Waals surface area contributed by atoms with Crippen molar-refractivity contribution >= 4 is 50.7 Å². The lowest BCUT2D eigenvalue weighted by atomic mass is 10.2. The molecular formula is C20H23ClN4O5S. The van der Waals surface area contributed by atoms with Crippen molar-refractivity contribution < 1.29 is 22.8 Å². The van der Waals surface area contributed by atoms with E-state index in [0.29, 0.717) is 11.3 Å². The van der Waals surface area contributed by atoms with Gasteiger partial charge < -0.3 is 15.5 Å². The Hall–Kier alpha value is -2.95. The Morgan fingerprint density at radius 3 is 2.13 bits per heavy atom. The van der Waals surface area contributed by atoms with E-state index in [0.717, 1.165) is 4.31 Å². The van der Waals surface area contributed by atoms with Crippen LogP contribution < -0.4 is 10.6 Å². The molecule has 31 heavy (non-hydrogen) atoms. The fourth-order valence-electron chi connectivity index (χ4n) is 2.58. The molecule has 2 rings (SSSR count). The lowest BCUT2D eigenvalue weighted by molar-refractivity contribution is -0.116. The highest BCUT2D eigenvalue weighted by molar-refractivity contribution is 7.89. The van der Waals surface area contributed by atoms with Gasteiger partial charge in [-0.15, -0.1) is 0 Å². The quantitative estimate of drug-likeness (QED) is 0.649. The SMILES string of the molecule is CC(=O)Nc1ccc(S(=O)(=O)N(C)CC(=O)Nc2cc(C(=O)N(C)C)ccc2Cl)cc1. The standard InChI is InChI=1S/C20H23ClN4O5S/c1-13(26)22-15-6-8-16(9-7-15)31(29,30)25(4)12-19(27)23-18-11-14(5-10-17(18)21)20(28)24(2)3/h5-11H,12H2,1-4H3,(H,22,26)(H,23,27). The average Bonchev–Trinajstić information content (AvgIpc) is 2.68. The van der Waals surface area contributed by atoms with Crippen LogP contribution in [0.1, 0.15) is 17.3 Å². The molecule has 0 saturated carbocycles. The molecule has 9 nitrogen and oxygen atoms in total. The Kier molecular flexibility index (Phi) is 7.77. The molecule has 0 atom stereocenters. The third-order valence-electron chi connectivity index (χ3n) is 4.14. The van der Waals surface area contributed by atoms with E-state index in [-0.39, 0.29) is 27.4 Å². The van der Waals surface area contributed by atoms with Crippen molar-refractivity contribution in [3.05, 3.63) is 53.1 Å². The van der Waals surface area contributed by atoms with E-state index in [4.69, 9.17) is 11.6 Å². The lowest BCUT2D eigenvalue weighted by Gasteiger charge is -2.18. The summed E-state index contributed by atoms with van der Waals surface area (Å²) in [5, 5.41) is 5.29. The van der Waals surface area contributed by atoms with Crippen molar-refractivity contribution in [2.45, 2.75) is 11.8 Å². The first-order chi connectivity index (χ1) is 14.4. The monoisotopic (exact) mass is 466 g/mol. The zero-order valence-electron chi connectivity index (χ0n) is 17.5. The number of anilines is 2. The summed E-state index contributed by atoms with van der Waals surface area (Å²) in [5.41, 5.74) is 0.975. The first-order valence-electron chi connectivity index (χ1n) is 9.07. The predicted molar refractivity (Wildman–Crippen MR) is 119 cm³/mol. The molecule has 3 amide bonds. The maximum atomic E-state index is 12.7. The summed E-state index contributed by atoms with van der Waals surface area (Å²) < 4.78 is 26.3. The van der Waals surface area contributed by atoms with E-state index in [1.807, 2.05) is 0 Å². The molecule has 2 N–H and O–H groups in total. The van der Waals surface area contributed by atoms with E-state index in [2.05, 4.69) is 10.6 Å². The number of nitrogens with zero attached hydrogens (tertiary/aromatic N) is 2. The molecule has 166 valence electrons. The first kappa shape index (κ1) is 24.3. The van der Waals surface area contributed by atoms with Crippen LogP contribution in [0, 0.1) is 0 Å². The minimum absolute atomic E-state index is 0.0338. The molecular weight excluding hydrogens is 444 g/mol. The number of halogens is 1. The smallest absolute Gasteiger partial charge is 0.253 e. The Morgan fingerprint density at radius 2 is 1.58 bits per heavy atom. The topological polar surface area (TPSA) is 116 Å². The summed E-state index contributed by atoms with van der Waals surface area (Å²) in [7, 11) is 0.510. The summed E-state index contributed by atoms with van der Waals surface area (Å²) >= 11 is 6.10. The summed E-state index contributed by atoms with van der Waals surface area (Å²) in [6, 6.07) is 10.0. The summed E-state index contributed by atoms with van der Waals surface area (Å²) in [6.07, 6.45) is 0. The van der Waals surface area contributed by atoms with Crippen LogP contribution in [-0.2, 0) is 19.6 Å². The number of sulfonamides is 1. The van der Waals surface area contributed by atoms with Gasteiger partial charge in [-0.3, -0.25) is 14.4 Å². The second-order valence-corrected chi connectivity index (χ2v) is 9.36. The van der Waals surface area contributed by atoms with Gasteiger partial charge in [0, 0.05) is 39.3 Å². The maximum Gasteiger partial charge on any atom is 0.253 e. The molecule has 11 heteroatoms.